The quantitative estimate of drug-likeness (QED) is 0.0509. The highest BCUT2D eigenvalue weighted by atomic mass is 32.2. The summed E-state index contributed by atoms with van der Waals surface area (Å²) in [5.74, 6) is -2.72. The molecule has 56 heavy (non-hydrogen) atoms. The van der Waals surface area contributed by atoms with Gasteiger partial charge >= 0.3 is 7.12 Å². The van der Waals surface area contributed by atoms with E-state index in [-0.39, 0.29) is 28.8 Å². The summed E-state index contributed by atoms with van der Waals surface area (Å²) < 4.78 is 40.5. The van der Waals surface area contributed by atoms with Crippen molar-refractivity contribution in [1.29, 1.82) is 0 Å². The topological polar surface area (TPSA) is 279 Å². The number of carbonyl (C=O) groups is 4. The third-order valence-electron chi connectivity index (χ3n) is 11.5. The largest absolute Gasteiger partial charge is 0.497 e. The summed E-state index contributed by atoms with van der Waals surface area (Å²) in [6.07, 6.45) is -0.258. The van der Waals surface area contributed by atoms with Gasteiger partial charge in [-0.15, -0.1) is 0 Å². The van der Waals surface area contributed by atoms with E-state index in [1.54, 1.807) is 12.1 Å². The van der Waals surface area contributed by atoms with Crippen LogP contribution in [0, 0.1) is 17.3 Å². The van der Waals surface area contributed by atoms with Gasteiger partial charge in [-0.05, 0) is 93.0 Å². The van der Waals surface area contributed by atoms with Crippen LogP contribution in [0.15, 0.2) is 59.5 Å². The first-order valence-corrected chi connectivity index (χ1v) is 20.4. The van der Waals surface area contributed by atoms with Crippen molar-refractivity contribution in [3.8, 4) is 11.1 Å². The van der Waals surface area contributed by atoms with Crippen molar-refractivity contribution in [2.45, 2.75) is 107 Å². The van der Waals surface area contributed by atoms with Crippen molar-refractivity contribution < 1.29 is 42.0 Å². The number of nitrogens with two attached hydrogens (primary N) is 3. The number of aliphatic hydroxyl groups excluding tert-OH is 1. The minimum atomic E-state index is -4.12. The molecule has 9 unspecified atom stereocenters. The number of sulfonamides is 1. The maximum absolute atomic E-state index is 13.5. The van der Waals surface area contributed by atoms with Crippen LogP contribution >= 0.6 is 0 Å². The maximum Gasteiger partial charge on any atom is 0.497 e. The lowest BCUT2D eigenvalue weighted by Crippen LogP contribution is -2.65. The van der Waals surface area contributed by atoms with E-state index in [0.717, 1.165) is 24.0 Å². The van der Waals surface area contributed by atoms with Crippen molar-refractivity contribution in [2.24, 2.45) is 34.5 Å². The van der Waals surface area contributed by atoms with Crippen LogP contribution in [0.1, 0.15) is 59.8 Å². The Balaban J connectivity index is 1.12. The smallest absolute Gasteiger partial charge is 0.403 e. The molecule has 306 valence electrons. The molecule has 1 saturated heterocycles. The summed E-state index contributed by atoms with van der Waals surface area (Å²) >= 11 is 0. The van der Waals surface area contributed by atoms with E-state index in [2.05, 4.69) is 39.8 Å². The molecular weight excluding hydrogens is 743 g/mol. The highest BCUT2D eigenvalue weighted by molar-refractivity contribution is 7.89. The normalized spacial score (nSPS) is 25.0. The second kappa shape index (κ2) is 17.7. The molecular formula is C37H55BN8O9S. The van der Waals surface area contributed by atoms with Crippen molar-refractivity contribution >= 4 is 40.8 Å². The second-order valence-electron chi connectivity index (χ2n) is 15.7. The zero-order valence-electron chi connectivity index (χ0n) is 32.2. The van der Waals surface area contributed by atoms with E-state index in [4.69, 9.17) is 26.5 Å². The highest BCUT2D eigenvalue weighted by Gasteiger charge is 2.68. The first kappa shape index (κ1) is 43.2. The Bertz CT molecular complexity index is 1840. The standard InChI is InChI=1S/C37H55BN8O9S/c1-21(47)30(44-29(48)20-42-56(52,53)25-15-13-23(14-16-25)22-10-6-5-7-11-22)33(50)45-31(40)34(51)43-26(12-8-9-17-39)32(49)46-35(41)38-54-28-19-24-18-27(36(24,2)3)37(28,4)55-38/h5-7,10-11,13-16,21,24,26-28,30-31,35,42,47H,8-9,12,17-20,39-41H2,1-4H3,(H,43,51)(H,44,48)(H,45,50)(H,46,49). The van der Waals surface area contributed by atoms with Crippen molar-refractivity contribution in [2.75, 3.05) is 13.1 Å². The minimum Gasteiger partial charge on any atom is -0.403 e. The van der Waals surface area contributed by atoms with Crippen molar-refractivity contribution in [3.63, 3.8) is 0 Å². The predicted molar refractivity (Wildman–Crippen MR) is 208 cm³/mol. The third kappa shape index (κ3) is 9.59. The Hall–Kier alpha value is -3.95. The molecule has 4 aliphatic rings. The van der Waals surface area contributed by atoms with E-state index in [9.17, 15) is 32.7 Å². The average Bonchev–Trinajstić information content (AvgIpc) is 3.53. The summed E-state index contributed by atoms with van der Waals surface area (Å²) in [6, 6.07) is 11.6. The number of unbranched alkanes of at least 4 members (excludes halogenated alkanes) is 1. The number of aliphatic hydroxyl groups is 1. The second-order valence-corrected chi connectivity index (χ2v) is 17.5. The minimum absolute atomic E-state index is 0.0866. The number of benzene rings is 2. The van der Waals surface area contributed by atoms with Crippen LogP contribution in [-0.4, -0.2) is 99.5 Å². The third-order valence-corrected chi connectivity index (χ3v) is 12.9. The molecule has 0 aromatic heterocycles. The molecule has 1 heterocycles. The van der Waals surface area contributed by atoms with Crippen LogP contribution < -0.4 is 43.2 Å². The molecule has 3 saturated carbocycles. The van der Waals surface area contributed by atoms with Gasteiger partial charge in [0.05, 0.1) is 29.2 Å². The molecule has 9 atom stereocenters. The van der Waals surface area contributed by atoms with E-state index in [1.807, 2.05) is 37.3 Å². The summed E-state index contributed by atoms with van der Waals surface area (Å²) in [4.78, 5) is 52.4. The predicted octanol–water partition coefficient (Wildman–Crippen LogP) is -0.819. The van der Waals surface area contributed by atoms with Crippen LogP contribution in [0.3, 0.4) is 0 Å². The average molecular weight is 799 g/mol. The van der Waals surface area contributed by atoms with E-state index < -0.39 is 83.3 Å². The molecule has 0 spiro atoms. The molecule has 1 aliphatic heterocycles. The Morgan fingerprint density at radius 3 is 2.18 bits per heavy atom. The van der Waals surface area contributed by atoms with Gasteiger partial charge in [-0.1, -0.05) is 56.3 Å². The fourth-order valence-corrected chi connectivity index (χ4v) is 9.03. The molecule has 3 aliphatic carbocycles. The molecule has 2 aromatic carbocycles. The Morgan fingerprint density at radius 1 is 0.893 bits per heavy atom. The van der Waals surface area contributed by atoms with Crippen molar-refractivity contribution in [1.82, 2.24) is 26.0 Å². The van der Waals surface area contributed by atoms with Crippen LogP contribution in [-0.2, 0) is 38.5 Å². The molecule has 4 fully saturated rings. The Labute approximate surface area is 328 Å². The van der Waals surface area contributed by atoms with Gasteiger partial charge in [0.2, 0.25) is 27.7 Å². The van der Waals surface area contributed by atoms with Crippen LogP contribution in [0.5, 0.6) is 0 Å². The van der Waals surface area contributed by atoms with E-state index in [1.165, 1.54) is 19.1 Å². The van der Waals surface area contributed by atoms with E-state index in [0.29, 0.717) is 25.3 Å². The van der Waals surface area contributed by atoms with Gasteiger partial charge in [0, 0.05) is 0 Å². The van der Waals surface area contributed by atoms with Gasteiger partial charge in [-0.2, -0.15) is 0 Å². The molecule has 12 N–H and O–H groups in total. The first-order valence-electron chi connectivity index (χ1n) is 19.0. The molecule has 2 aromatic rings. The van der Waals surface area contributed by atoms with Crippen LogP contribution in [0.4, 0.5) is 0 Å². The van der Waals surface area contributed by atoms with Gasteiger partial charge in [-0.3, -0.25) is 19.2 Å². The summed E-state index contributed by atoms with van der Waals surface area (Å²) in [5, 5.41) is 20.0. The van der Waals surface area contributed by atoms with Gasteiger partial charge in [0.1, 0.15) is 18.1 Å². The van der Waals surface area contributed by atoms with Crippen LogP contribution in [0.25, 0.3) is 11.1 Å². The van der Waals surface area contributed by atoms with Gasteiger partial charge < -0.3 is 52.9 Å². The number of rotatable bonds is 18. The monoisotopic (exact) mass is 798 g/mol. The molecule has 19 heteroatoms. The van der Waals surface area contributed by atoms with Gasteiger partial charge in [-0.25, -0.2) is 13.1 Å². The molecule has 0 radical (unpaired) electrons. The maximum atomic E-state index is 13.5. The number of amides is 4. The summed E-state index contributed by atoms with van der Waals surface area (Å²) in [5.41, 5.74) is 19.3. The Morgan fingerprint density at radius 2 is 1.55 bits per heavy atom. The number of carbonyl (C=O) groups excluding carboxylic acids is 4. The lowest BCUT2D eigenvalue weighted by Gasteiger charge is -2.64. The lowest BCUT2D eigenvalue weighted by atomic mass is 9.43. The molecule has 17 nitrogen and oxygen atoms in total. The van der Waals surface area contributed by atoms with Gasteiger partial charge in [0.15, 0.2) is 6.17 Å². The highest BCUT2D eigenvalue weighted by Crippen LogP contribution is 2.65. The zero-order chi connectivity index (χ0) is 41.0. The van der Waals surface area contributed by atoms with Gasteiger partial charge in [0.25, 0.3) is 5.91 Å². The fraction of sp³-hybridized carbons (Fsp3) is 0.568. The summed E-state index contributed by atoms with van der Waals surface area (Å²) in [6.45, 7) is 7.30. The van der Waals surface area contributed by atoms with E-state index >= 15 is 0 Å². The Kier molecular flexibility index (Phi) is 13.6. The first-order chi connectivity index (χ1) is 26.4. The lowest BCUT2D eigenvalue weighted by molar-refractivity contribution is -0.199. The van der Waals surface area contributed by atoms with Crippen LogP contribution in [0.2, 0.25) is 0 Å². The summed E-state index contributed by atoms with van der Waals surface area (Å²) in [7, 11) is -5.02. The van der Waals surface area contributed by atoms with Crippen molar-refractivity contribution in [3.05, 3.63) is 54.6 Å². The number of hydrogen-bond donors (Lipinski definition) is 9. The molecule has 4 amide bonds. The zero-order valence-corrected chi connectivity index (χ0v) is 33.0. The number of hydrogen-bond acceptors (Lipinski definition) is 12. The molecule has 2 bridgehead atoms. The SMILES string of the molecule is CC(O)C(NC(=O)CNS(=O)(=O)c1ccc(-c2ccccc2)cc1)C(=O)NC(N)C(=O)NC(CCCCN)C(=O)NC(N)B1OC2CC3CC(C3(C)C)C2(C)O1. The fourth-order valence-electron chi connectivity index (χ4n) is 8.05. The number of nitrogens with one attached hydrogen (secondary N) is 5. The molecule has 6 rings (SSSR count).